The SMILES string of the molecule is CC1CCC(C(=O)Nc2cc(C3=CCCCC3)sc2C(=O)O)(C2CCC(C)(C)CC2)CC1. The number of amides is 1. The van der Waals surface area contributed by atoms with Gasteiger partial charge in [0.25, 0.3) is 0 Å². The first kappa shape index (κ1) is 23.5. The van der Waals surface area contributed by atoms with Crippen molar-refractivity contribution in [2.45, 2.75) is 97.8 Å². The largest absolute Gasteiger partial charge is 0.477 e. The molecule has 1 heterocycles. The van der Waals surface area contributed by atoms with E-state index < -0.39 is 5.97 Å². The van der Waals surface area contributed by atoms with Crippen LogP contribution >= 0.6 is 11.3 Å². The van der Waals surface area contributed by atoms with Crippen LogP contribution < -0.4 is 5.32 Å². The van der Waals surface area contributed by atoms with Crippen LogP contribution in [0.3, 0.4) is 0 Å². The van der Waals surface area contributed by atoms with Gasteiger partial charge in [-0.2, -0.15) is 0 Å². The summed E-state index contributed by atoms with van der Waals surface area (Å²) in [6.07, 6.45) is 15.2. The summed E-state index contributed by atoms with van der Waals surface area (Å²) in [5.74, 6) is 0.184. The van der Waals surface area contributed by atoms with E-state index in [0.717, 1.165) is 62.7 Å². The van der Waals surface area contributed by atoms with E-state index in [9.17, 15) is 14.7 Å². The maximum Gasteiger partial charge on any atom is 0.348 e. The van der Waals surface area contributed by atoms with Crippen molar-refractivity contribution in [3.05, 3.63) is 21.9 Å². The number of hydrogen-bond acceptors (Lipinski definition) is 3. The van der Waals surface area contributed by atoms with Gasteiger partial charge in [0.1, 0.15) is 4.88 Å². The summed E-state index contributed by atoms with van der Waals surface area (Å²) < 4.78 is 0. The second kappa shape index (κ2) is 9.32. The molecule has 32 heavy (non-hydrogen) atoms. The summed E-state index contributed by atoms with van der Waals surface area (Å²) in [4.78, 5) is 27.2. The summed E-state index contributed by atoms with van der Waals surface area (Å²) in [6.45, 7) is 6.97. The molecule has 1 amide bonds. The van der Waals surface area contributed by atoms with Crippen LogP contribution in [0.15, 0.2) is 12.1 Å². The van der Waals surface area contributed by atoms with Crippen molar-refractivity contribution in [1.82, 2.24) is 0 Å². The van der Waals surface area contributed by atoms with Crippen LogP contribution in [0.2, 0.25) is 0 Å². The van der Waals surface area contributed by atoms with Crippen molar-refractivity contribution in [3.8, 4) is 0 Å². The number of carbonyl (C=O) groups excluding carboxylic acids is 1. The Bertz CT molecular complexity index is 879. The fourth-order valence-corrected chi connectivity index (χ4v) is 7.18. The molecule has 4 rings (SSSR count). The van der Waals surface area contributed by atoms with E-state index in [4.69, 9.17) is 0 Å². The molecule has 0 radical (unpaired) electrons. The Morgan fingerprint density at radius 1 is 1.06 bits per heavy atom. The molecule has 5 heteroatoms. The number of carbonyl (C=O) groups is 2. The second-order valence-electron chi connectivity index (χ2n) is 11.4. The van der Waals surface area contributed by atoms with Crippen LogP contribution in [-0.2, 0) is 4.79 Å². The van der Waals surface area contributed by atoms with Gasteiger partial charge in [0.05, 0.1) is 11.1 Å². The number of thiophene rings is 1. The molecule has 176 valence electrons. The molecule has 0 saturated heterocycles. The van der Waals surface area contributed by atoms with E-state index in [-0.39, 0.29) is 16.2 Å². The maximum atomic E-state index is 13.9. The normalized spacial score (nSPS) is 28.7. The fourth-order valence-electron chi connectivity index (χ4n) is 6.16. The monoisotopic (exact) mass is 457 g/mol. The minimum Gasteiger partial charge on any atom is -0.477 e. The highest BCUT2D eigenvalue weighted by atomic mass is 32.1. The second-order valence-corrected chi connectivity index (χ2v) is 12.4. The van der Waals surface area contributed by atoms with E-state index in [1.54, 1.807) is 0 Å². The molecular weight excluding hydrogens is 418 g/mol. The van der Waals surface area contributed by atoms with Gasteiger partial charge in [-0.25, -0.2) is 4.79 Å². The first-order valence-corrected chi connectivity index (χ1v) is 13.4. The van der Waals surface area contributed by atoms with Crippen molar-refractivity contribution < 1.29 is 14.7 Å². The molecular formula is C27H39NO3S. The molecule has 0 bridgehead atoms. The highest BCUT2D eigenvalue weighted by Gasteiger charge is 2.49. The quantitative estimate of drug-likeness (QED) is 0.475. The molecule has 0 spiro atoms. The first-order valence-electron chi connectivity index (χ1n) is 12.6. The Kier molecular flexibility index (Phi) is 6.86. The highest BCUT2D eigenvalue weighted by molar-refractivity contribution is 7.15. The molecule has 0 aromatic carbocycles. The van der Waals surface area contributed by atoms with E-state index in [1.807, 2.05) is 6.07 Å². The van der Waals surface area contributed by atoms with Gasteiger partial charge in [-0.05, 0) is 106 Å². The number of aromatic carboxylic acids is 1. The van der Waals surface area contributed by atoms with E-state index in [1.165, 1.54) is 36.2 Å². The number of hydrogen-bond donors (Lipinski definition) is 2. The summed E-state index contributed by atoms with van der Waals surface area (Å²) >= 11 is 1.31. The molecule has 0 atom stereocenters. The zero-order valence-electron chi connectivity index (χ0n) is 20.0. The van der Waals surface area contributed by atoms with Crippen molar-refractivity contribution in [1.29, 1.82) is 0 Å². The third-order valence-electron chi connectivity index (χ3n) is 8.52. The standard InChI is InChI=1S/C27H39NO3S/c1-18-9-15-27(16-10-18,20-11-13-26(2,3)14-12-20)25(31)28-21-17-22(32-23(21)24(29)30)19-7-5-4-6-8-19/h7,17-18,20H,4-6,8-16H2,1-3H3,(H,28,31)(H,29,30). The topological polar surface area (TPSA) is 66.4 Å². The van der Waals surface area contributed by atoms with Gasteiger partial charge < -0.3 is 10.4 Å². The van der Waals surface area contributed by atoms with Crippen LogP contribution in [0.1, 0.15) is 112 Å². The van der Waals surface area contributed by atoms with E-state index in [2.05, 4.69) is 32.2 Å². The Labute approximate surface area is 196 Å². The molecule has 2 saturated carbocycles. The van der Waals surface area contributed by atoms with Gasteiger partial charge in [0, 0.05) is 4.88 Å². The number of carboxylic acids is 1. The van der Waals surface area contributed by atoms with Gasteiger partial charge in [-0.15, -0.1) is 11.3 Å². The molecule has 2 fully saturated rings. The fraction of sp³-hybridized carbons (Fsp3) is 0.704. The molecule has 3 aliphatic carbocycles. The van der Waals surface area contributed by atoms with Crippen molar-refractivity contribution >= 4 is 34.5 Å². The smallest absolute Gasteiger partial charge is 0.348 e. The summed E-state index contributed by atoms with van der Waals surface area (Å²) in [7, 11) is 0. The lowest BCUT2D eigenvalue weighted by atomic mass is 9.57. The van der Waals surface area contributed by atoms with Crippen LogP contribution in [0, 0.1) is 22.7 Å². The molecule has 0 unspecified atom stereocenters. The van der Waals surface area contributed by atoms with E-state index in [0.29, 0.717) is 22.9 Å². The molecule has 1 aromatic rings. The zero-order chi connectivity index (χ0) is 22.9. The van der Waals surface area contributed by atoms with E-state index >= 15 is 0 Å². The van der Waals surface area contributed by atoms with Gasteiger partial charge >= 0.3 is 5.97 Å². The van der Waals surface area contributed by atoms with Gasteiger partial charge in [0.15, 0.2) is 0 Å². The maximum absolute atomic E-state index is 13.9. The molecule has 0 aliphatic heterocycles. The van der Waals surface area contributed by atoms with Crippen LogP contribution in [0.5, 0.6) is 0 Å². The van der Waals surface area contributed by atoms with Crippen LogP contribution in [0.4, 0.5) is 5.69 Å². The lowest BCUT2D eigenvalue weighted by molar-refractivity contribution is -0.133. The summed E-state index contributed by atoms with van der Waals surface area (Å²) in [5, 5.41) is 13.0. The average Bonchev–Trinajstić information content (AvgIpc) is 3.19. The Morgan fingerprint density at radius 2 is 1.75 bits per heavy atom. The number of rotatable bonds is 5. The predicted molar refractivity (Wildman–Crippen MR) is 132 cm³/mol. The van der Waals surface area contributed by atoms with Crippen LogP contribution in [-0.4, -0.2) is 17.0 Å². The number of allylic oxidation sites excluding steroid dienone is 2. The summed E-state index contributed by atoms with van der Waals surface area (Å²) in [6, 6.07) is 1.92. The van der Waals surface area contributed by atoms with Crippen molar-refractivity contribution in [2.24, 2.45) is 22.7 Å². The van der Waals surface area contributed by atoms with Gasteiger partial charge in [0.2, 0.25) is 5.91 Å². The molecule has 3 aliphatic rings. The Morgan fingerprint density at radius 3 is 2.34 bits per heavy atom. The van der Waals surface area contributed by atoms with Crippen LogP contribution in [0.25, 0.3) is 5.57 Å². The average molecular weight is 458 g/mol. The highest BCUT2D eigenvalue weighted by Crippen LogP contribution is 2.53. The first-order chi connectivity index (χ1) is 15.2. The number of anilines is 1. The minimum atomic E-state index is -0.946. The predicted octanol–water partition coefficient (Wildman–Crippen LogP) is 7.76. The molecule has 1 aromatic heterocycles. The van der Waals surface area contributed by atoms with Crippen molar-refractivity contribution in [2.75, 3.05) is 5.32 Å². The summed E-state index contributed by atoms with van der Waals surface area (Å²) in [5.41, 5.74) is 1.75. The lowest BCUT2D eigenvalue weighted by Gasteiger charge is -2.47. The van der Waals surface area contributed by atoms with Crippen molar-refractivity contribution in [3.63, 3.8) is 0 Å². The third kappa shape index (κ3) is 4.83. The zero-order valence-corrected chi connectivity index (χ0v) is 20.8. The Hall–Kier alpha value is -1.62. The lowest BCUT2D eigenvalue weighted by Crippen LogP contribution is -2.46. The number of carboxylic acid groups (broad SMARTS) is 1. The number of nitrogens with one attached hydrogen (secondary N) is 1. The Balaban J connectivity index is 1.60. The third-order valence-corrected chi connectivity index (χ3v) is 9.72. The molecule has 2 N–H and O–H groups in total. The minimum absolute atomic E-state index is 0.0681. The molecule has 4 nitrogen and oxygen atoms in total. The van der Waals surface area contributed by atoms with Gasteiger partial charge in [-0.3, -0.25) is 4.79 Å². The van der Waals surface area contributed by atoms with Gasteiger partial charge in [-0.1, -0.05) is 26.8 Å².